The Balaban J connectivity index is 2.03. The summed E-state index contributed by atoms with van der Waals surface area (Å²) in [6, 6.07) is 7.75. The molecule has 0 unspecified atom stereocenters. The van der Waals surface area contributed by atoms with Crippen molar-refractivity contribution in [3.8, 4) is 0 Å². The third-order valence-electron chi connectivity index (χ3n) is 2.98. The minimum Gasteiger partial charge on any atom is -0.393 e. The van der Waals surface area contributed by atoms with E-state index in [0.29, 0.717) is 30.9 Å². The number of carbonyl (C=O) groups is 1. The lowest BCUT2D eigenvalue weighted by atomic mass is 10.2. The molecule has 2 aromatic heterocycles. The lowest BCUT2D eigenvalue weighted by molar-refractivity contribution is -0.130. The molecular weight excluding hydrogens is 302 g/mol. The van der Waals surface area contributed by atoms with Crippen molar-refractivity contribution in [2.24, 2.45) is 5.73 Å². The van der Waals surface area contributed by atoms with Gasteiger partial charge in [0.1, 0.15) is 0 Å². The molecule has 110 valence electrons. The molecule has 2 aromatic rings. The van der Waals surface area contributed by atoms with Gasteiger partial charge in [-0.1, -0.05) is 24.4 Å². The lowest BCUT2D eigenvalue weighted by Gasteiger charge is -2.22. The standard InChI is InChI=1S/C15H17N3OS2/c16-14(20)5-7-18(11-12-3-1-6-17-10-12)15(19)9-13-4-2-8-21-13/h1-4,6,8,10H,5,7,9,11H2,(H2,16,20). The van der Waals surface area contributed by atoms with Gasteiger partial charge in [-0.25, -0.2) is 0 Å². The van der Waals surface area contributed by atoms with Crippen LogP contribution in [0.15, 0.2) is 42.0 Å². The van der Waals surface area contributed by atoms with Crippen LogP contribution in [0.4, 0.5) is 0 Å². The number of rotatable bonds is 7. The fourth-order valence-electron chi connectivity index (χ4n) is 1.92. The summed E-state index contributed by atoms with van der Waals surface area (Å²) in [6.45, 7) is 1.06. The van der Waals surface area contributed by atoms with Crippen molar-refractivity contribution in [3.63, 3.8) is 0 Å². The van der Waals surface area contributed by atoms with E-state index < -0.39 is 0 Å². The quantitative estimate of drug-likeness (QED) is 0.796. The highest BCUT2D eigenvalue weighted by Crippen LogP contribution is 2.12. The molecule has 4 nitrogen and oxygen atoms in total. The largest absolute Gasteiger partial charge is 0.393 e. The number of hydrogen-bond acceptors (Lipinski definition) is 4. The van der Waals surface area contributed by atoms with Crippen LogP contribution in [-0.2, 0) is 17.8 Å². The predicted molar refractivity (Wildman–Crippen MR) is 89.1 cm³/mol. The molecule has 2 N–H and O–H groups in total. The van der Waals surface area contributed by atoms with Gasteiger partial charge in [-0.15, -0.1) is 11.3 Å². The molecule has 6 heteroatoms. The zero-order valence-electron chi connectivity index (χ0n) is 11.6. The average Bonchev–Trinajstić information content (AvgIpc) is 2.97. The van der Waals surface area contributed by atoms with E-state index in [1.165, 1.54) is 0 Å². The Morgan fingerprint density at radius 3 is 2.86 bits per heavy atom. The van der Waals surface area contributed by atoms with Gasteiger partial charge in [-0.3, -0.25) is 9.78 Å². The average molecular weight is 319 g/mol. The van der Waals surface area contributed by atoms with Crippen LogP contribution in [0.2, 0.25) is 0 Å². The summed E-state index contributed by atoms with van der Waals surface area (Å²) in [6.07, 6.45) is 4.43. The van der Waals surface area contributed by atoms with Gasteiger partial charge in [0.2, 0.25) is 5.91 Å². The van der Waals surface area contributed by atoms with Crippen LogP contribution in [0.5, 0.6) is 0 Å². The minimum absolute atomic E-state index is 0.0811. The van der Waals surface area contributed by atoms with E-state index in [9.17, 15) is 4.79 Å². The highest BCUT2D eigenvalue weighted by atomic mass is 32.1. The number of amides is 1. The summed E-state index contributed by atoms with van der Waals surface area (Å²) in [5.41, 5.74) is 6.55. The topological polar surface area (TPSA) is 59.2 Å². The first-order valence-electron chi connectivity index (χ1n) is 6.62. The van der Waals surface area contributed by atoms with E-state index in [0.717, 1.165) is 10.4 Å². The monoisotopic (exact) mass is 319 g/mol. The van der Waals surface area contributed by atoms with E-state index in [4.69, 9.17) is 18.0 Å². The van der Waals surface area contributed by atoms with E-state index in [-0.39, 0.29) is 5.91 Å². The summed E-state index contributed by atoms with van der Waals surface area (Å²) in [5.74, 6) is 0.0811. The number of nitrogens with two attached hydrogens (primary N) is 1. The van der Waals surface area contributed by atoms with Crippen molar-refractivity contribution in [3.05, 3.63) is 52.5 Å². The molecule has 0 saturated carbocycles. The van der Waals surface area contributed by atoms with Crippen LogP contribution in [0, 0.1) is 0 Å². The molecule has 0 atom stereocenters. The fourth-order valence-corrected chi connectivity index (χ4v) is 2.71. The van der Waals surface area contributed by atoms with Crippen molar-refractivity contribution >= 4 is 34.5 Å². The molecule has 21 heavy (non-hydrogen) atoms. The molecule has 2 rings (SSSR count). The normalized spacial score (nSPS) is 10.3. The molecule has 1 amide bonds. The molecule has 0 radical (unpaired) electrons. The van der Waals surface area contributed by atoms with E-state index >= 15 is 0 Å². The minimum atomic E-state index is 0.0811. The molecular formula is C15H17N3OS2. The van der Waals surface area contributed by atoms with Gasteiger partial charge in [-0.2, -0.15) is 0 Å². The number of carbonyl (C=O) groups excluding carboxylic acids is 1. The van der Waals surface area contributed by atoms with Crippen LogP contribution in [-0.4, -0.2) is 27.3 Å². The summed E-state index contributed by atoms with van der Waals surface area (Å²) >= 11 is 6.50. The molecule has 0 aliphatic rings. The van der Waals surface area contributed by atoms with Crippen LogP contribution in [0.1, 0.15) is 16.9 Å². The molecule has 0 fully saturated rings. The Hall–Kier alpha value is -1.79. The van der Waals surface area contributed by atoms with Gasteiger partial charge in [-0.05, 0) is 23.1 Å². The predicted octanol–water partition coefficient (Wildman–Crippen LogP) is 2.39. The lowest BCUT2D eigenvalue weighted by Crippen LogP contribution is -2.34. The highest BCUT2D eigenvalue weighted by molar-refractivity contribution is 7.80. The Bertz CT molecular complexity index is 584. The number of thiocarbonyl (C=S) groups is 1. The highest BCUT2D eigenvalue weighted by Gasteiger charge is 2.15. The van der Waals surface area contributed by atoms with Crippen molar-refractivity contribution in [2.45, 2.75) is 19.4 Å². The van der Waals surface area contributed by atoms with Crippen molar-refractivity contribution in [1.82, 2.24) is 9.88 Å². The van der Waals surface area contributed by atoms with Gasteiger partial charge in [0.15, 0.2) is 0 Å². The molecule has 0 spiro atoms. The smallest absolute Gasteiger partial charge is 0.228 e. The zero-order valence-corrected chi connectivity index (χ0v) is 13.2. The van der Waals surface area contributed by atoms with Crippen LogP contribution < -0.4 is 5.73 Å². The fraction of sp³-hybridized carbons (Fsp3) is 0.267. The first-order chi connectivity index (χ1) is 10.1. The Morgan fingerprint density at radius 1 is 1.38 bits per heavy atom. The summed E-state index contributed by atoms with van der Waals surface area (Å²) < 4.78 is 0. The third kappa shape index (κ3) is 5.24. The van der Waals surface area contributed by atoms with Crippen molar-refractivity contribution in [1.29, 1.82) is 0 Å². The Morgan fingerprint density at radius 2 is 2.24 bits per heavy atom. The maximum atomic E-state index is 12.5. The second-order valence-corrected chi connectivity index (χ2v) is 6.21. The molecule has 2 heterocycles. The van der Waals surface area contributed by atoms with Gasteiger partial charge < -0.3 is 10.6 Å². The second-order valence-electron chi connectivity index (χ2n) is 4.65. The van der Waals surface area contributed by atoms with Crippen LogP contribution >= 0.6 is 23.6 Å². The molecule has 0 aliphatic heterocycles. The van der Waals surface area contributed by atoms with Crippen molar-refractivity contribution < 1.29 is 4.79 Å². The number of thiophene rings is 1. The summed E-state index contributed by atoms with van der Waals surface area (Å²) in [5, 5.41) is 1.98. The summed E-state index contributed by atoms with van der Waals surface area (Å²) in [4.78, 5) is 19.8. The number of pyridine rings is 1. The number of nitrogens with zero attached hydrogens (tertiary/aromatic N) is 2. The second kappa shape index (κ2) is 7.85. The van der Waals surface area contributed by atoms with Gasteiger partial charge in [0.05, 0.1) is 11.4 Å². The molecule has 0 saturated heterocycles. The first-order valence-corrected chi connectivity index (χ1v) is 7.91. The van der Waals surface area contributed by atoms with E-state index in [2.05, 4.69) is 4.98 Å². The van der Waals surface area contributed by atoms with Crippen LogP contribution in [0.25, 0.3) is 0 Å². The number of aromatic nitrogens is 1. The van der Waals surface area contributed by atoms with Crippen LogP contribution in [0.3, 0.4) is 0 Å². The maximum Gasteiger partial charge on any atom is 0.228 e. The van der Waals surface area contributed by atoms with Gasteiger partial charge >= 0.3 is 0 Å². The molecule has 0 aromatic carbocycles. The third-order valence-corrected chi connectivity index (χ3v) is 4.06. The molecule has 0 bridgehead atoms. The Labute approximate surface area is 133 Å². The zero-order chi connectivity index (χ0) is 15.1. The van der Waals surface area contributed by atoms with Crippen molar-refractivity contribution in [2.75, 3.05) is 6.54 Å². The SMILES string of the molecule is NC(=S)CCN(Cc1cccnc1)C(=O)Cc1cccs1. The maximum absolute atomic E-state index is 12.5. The van der Waals surface area contributed by atoms with E-state index in [1.807, 2.05) is 29.6 Å². The molecule has 0 aliphatic carbocycles. The Kier molecular flexibility index (Phi) is 5.83. The number of hydrogen-bond donors (Lipinski definition) is 1. The van der Waals surface area contributed by atoms with Gasteiger partial charge in [0.25, 0.3) is 0 Å². The first kappa shape index (κ1) is 15.6. The summed E-state index contributed by atoms with van der Waals surface area (Å²) in [7, 11) is 0. The van der Waals surface area contributed by atoms with Gasteiger partial charge in [0, 0.05) is 36.8 Å². The van der Waals surface area contributed by atoms with E-state index in [1.54, 1.807) is 28.6 Å².